The van der Waals surface area contributed by atoms with Crippen LogP contribution in [0.1, 0.15) is 21.7 Å². The van der Waals surface area contributed by atoms with Crippen molar-refractivity contribution in [1.29, 1.82) is 0 Å². The number of benzene rings is 2. The van der Waals surface area contributed by atoms with Gasteiger partial charge in [-0.3, -0.25) is 20.4 Å². The van der Waals surface area contributed by atoms with E-state index in [1.807, 2.05) is 55.6 Å². The van der Waals surface area contributed by atoms with Gasteiger partial charge < -0.3 is 9.15 Å². The molecule has 140 valence electrons. The highest BCUT2D eigenvalue weighted by Gasteiger charge is 2.20. The quantitative estimate of drug-likeness (QED) is 0.637. The molecule has 0 spiro atoms. The molecule has 6 nitrogen and oxygen atoms in total. The summed E-state index contributed by atoms with van der Waals surface area (Å²) in [6.45, 7) is 1.73. The summed E-state index contributed by atoms with van der Waals surface area (Å²) in [4.78, 5) is 24.4. The smallest absolute Gasteiger partial charge is 0.305 e. The summed E-state index contributed by atoms with van der Waals surface area (Å²) in [5, 5.41) is 0.895. The monoisotopic (exact) mass is 384 g/mol. The van der Waals surface area contributed by atoms with Gasteiger partial charge in [0.05, 0.1) is 0 Å². The highest BCUT2D eigenvalue weighted by atomic mass is 32.2. The molecule has 2 aromatic carbocycles. The first-order valence-corrected chi connectivity index (χ1v) is 9.76. The van der Waals surface area contributed by atoms with Gasteiger partial charge in [0.1, 0.15) is 11.3 Å². The lowest BCUT2D eigenvalue weighted by Gasteiger charge is -2.09. The van der Waals surface area contributed by atoms with Gasteiger partial charge in [0, 0.05) is 16.7 Å². The number of hydrogen-bond acceptors (Lipinski definition) is 5. The van der Waals surface area contributed by atoms with Crippen molar-refractivity contribution in [2.45, 2.75) is 12.7 Å². The molecule has 3 aromatic rings. The lowest BCUT2D eigenvalue weighted by Crippen LogP contribution is -2.44. The zero-order valence-electron chi connectivity index (χ0n) is 15.1. The molecule has 0 unspecified atom stereocenters. The standard InChI is InChI=1S/C20H20N2O4S/c1-13-6-5-7-14(10-13)25-11-18(23)21-22-20(24)19-16(12-27-2)15-8-3-4-9-17(15)26-19/h3-10H,11-12H2,1-2H3,(H,21,23)(H,22,24). The van der Waals surface area contributed by atoms with Gasteiger partial charge in [-0.25, -0.2) is 0 Å². The number of hydrogen-bond donors (Lipinski definition) is 2. The predicted octanol–water partition coefficient (Wildman–Crippen LogP) is 3.44. The largest absolute Gasteiger partial charge is 0.484 e. The van der Waals surface area contributed by atoms with Crippen LogP contribution in [0.25, 0.3) is 11.0 Å². The van der Waals surface area contributed by atoms with Gasteiger partial charge in [-0.1, -0.05) is 30.3 Å². The van der Waals surface area contributed by atoms with Crippen molar-refractivity contribution in [3.63, 3.8) is 0 Å². The minimum Gasteiger partial charge on any atom is -0.484 e. The molecule has 1 heterocycles. The summed E-state index contributed by atoms with van der Waals surface area (Å²) in [7, 11) is 0. The van der Waals surface area contributed by atoms with E-state index in [9.17, 15) is 9.59 Å². The number of nitrogens with one attached hydrogen (secondary N) is 2. The fourth-order valence-corrected chi connectivity index (χ4v) is 3.22. The summed E-state index contributed by atoms with van der Waals surface area (Å²) in [5.41, 5.74) is 7.21. The van der Waals surface area contributed by atoms with E-state index in [2.05, 4.69) is 10.9 Å². The average Bonchev–Trinajstić information content (AvgIpc) is 3.04. The zero-order chi connectivity index (χ0) is 19.2. The van der Waals surface area contributed by atoms with Crippen molar-refractivity contribution >= 4 is 34.5 Å². The maximum absolute atomic E-state index is 12.5. The number of carbonyl (C=O) groups excluding carboxylic acids is 2. The molecule has 2 N–H and O–H groups in total. The molecule has 27 heavy (non-hydrogen) atoms. The Balaban J connectivity index is 1.61. The molecule has 0 aliphatic carbocycles. The zero-order valence-corrected chi connectivity index (χ0v) is 15.9. The summed E-state index contributed by atoms with van der Waals surface area (Å²) in [6.07, 6.45) is 1.95. The van der Waals surface area contributed by atoms with E-state index < -0.39 is 11.8 Å². The third-order valence-corrected chi connectivity index (χ3v) is 4.45. The van der Waals surface area contributed by atoms with Crippen LogP contribution in [-0.2, 0) is 10.5 Å². The number of thioether (sulfide) groups is 1. The molecule has 0 radical (unpaired) electrons. The van der Waals surface area contributed by atoms with Gasteiger partial charge in [0.2, 0.25) is 0 Å². The van der Waals surface area contributed by atoms with Crippen LogP contribution in [-0.4, -0.2) is 24.7 Å². The summed E-state index contributed by atoms with van der Waals surface area (Å²) in [5.74, 6) is 0.456. The Morgan fingerprint density at radius 1 is 1.11 bits per heavy atom. The van der Waals surface area contributed by atoms with Gasteiger partial charge >= 0.3 is 5.91 Å². The molecule has 0 atom stereocenters. The molecule has 7 heteroatoms. The molecule has 0 saturated heterocycles. The van der Waals surface area contributed by atoms with Gasteiger partial charge in [0.25, 0.3) is 5.91 Å². The number of para-hydroxylation sites is 1. The number of amides is 2. The predicted molar refractivity (Wildman–Crippen MR) is 106 cm³/mol. The van der Waals surface area contributed by atoms with Crippen molar-refractivity contribution < 1.29 is 18.7 Å². The van der Waals surface area contributed by atoms with Gasteiger partial charge in [-0.2, -0.15) is 11.8 Å². The van der Waals surface area contributed by atoms with Crippen LogP contribution in [0, 0.1) is 6.92 Å². The molecule has 0 bridgehead atoms. The van der Waals surface area contributed by atoms with Gasteiger partial charge in [-0.05, 0) is 36.9 Å². The normalized spacial score (nSPS) is 10.6. The molecule has 3 rings (SSSR count). The SMILES string of the molecule is CSCc1c(C(=O)NNC(=O)COc2cccc(C)c2)oc2ccccc12. The molecule has 0 saturated carbocycles. The highest BCUT2D eigenvalue weighted by Crippen LogP contribution is 2.28. The Morgan fingerprint density at radius 3 is 2.70 bits per heavy atom. The van der Waals surface area contributed by atoms with E-state index in [0.29, 0.717) is 17.1 Å². The molecule has 0 aliphatic rings. The maximum atomic E-state index is 12.5. The third kappa shape index (κ3) is 4.62. The summed E-state index contributed by atoms with van der Waals surface area (Å²) in [6, 6.07) is 14.8. The fourth-order valence-electron chi connectivity index (χ4n) is 2.64. The van der Waals surface area contributed by atoms with Crippen LogP contribution >= 0.6 is 11.8 Å². The van der Waals surface area contributed by atoms with E-state index in [1.54, 1.807) is 17.8 Å². The number of fused-ring (bicyclic) bond motifs is 1. The first-order valence-electron chi connectivity index (χ1n) is 8.36. The van der Waals surface area contributed by atoms with E-state index >= 15 is 0 Å². The number of aryl methyl sites for hydroxylation is 1. The van der Waals surface area contributed by atoms with Crippen LogP contribution in [0.15, 0.2) is 52.9 Å². The number of ether oxygens (including phenoxy) is 1. The Kier molecular flexibility index (Phi) is 6.03. The second-order valence-electron chi connectivity index (χ2n) is 5.95. The first kappa shape index (κ1) is 18.8. The van der Waals surface area contributed by atoms with Crippen LogP contribution < -0.4 is 15.6 Å². The molecular weight excluding hydrogens is 364 g/mol. The Labute approximate surface area is 161 Å². The van der Waals surface area contributed by atoms with Crippen molar-refractivity contribution in [1.82, 2.24) is 10.9 Å². The van der Waals surface area contributed by atoms with Crippen LogP contribution in [0.4, 0.5) is 0 Å². The highest BCUT2D eigenvalue weighted by molar-refractivity contribution is 7.97. The first-order chi connectivity index (χ1) is 13.1. The van der Waals surface area contributed by atoms with E-state index in [4.69, 9.17) is 9.15 Å². The molecule has 2 amide bonds. The Morgan fingerprint density at radius 2 is 1.93 bits per heavy atom. The second-order valence-corrected chi connectivity index (χ2v) is 6.81. The number of rotatable bonds is 6. The molecule has 0 fully saturated rings. The molecule has 0 aliphatic heterocycles. The summed E-state index contributed by atoms with van der Waals surface area (Å²) >= 11 is 1.59. The number of furan rings is 1. The van der Waals surface area contributed by atoms with Gasteiger partial charge in [-0.15, -0.1) is 0 Å². The van der Waals surface area contributed by atoms with E-state index in [0.717, 1.165) is 16.5 Å². The van der Waals surface area contributed by atoms with Crippen molar-refractivity contribution in [3.05, 3.63) is 65.4 Å². The lowest BCUT2D eigenvalue weighted by molar-refractivity contribution is -0.123. The Bertz CT molecular complexity index is 968. The number of carbonyl (C=O) groups is 2. The average molecular weight is 384 g/mol. The van der Waals surface area contributed by atoms with Crippen molar-refractivity contribution in [3.8, 4) is 5.75 Å². The number of hydrazine groups is 1. The van der Waals surface area contributed by atoms with Crippen molar-refractivity contribution in [2.24, 2.45) is 0 Å². The second kappa shape index (κ2) is 8.64. The van der Waals surface area contributed by atoms with Crippen molar-refractivity contribution in [2.75, 3.05) is 12.9 Å². The van der Waals surface area contributed by atoms with Crippen LogP contribution in [0.3, 0.4) is 0 Å². The lowest BCUT2D eigenvalue weighted by atomic mass is 10.1. The molecular formula is C20H20N2O4S. The topological polar surface area (TPSA) is 80.6 Å². The van der Waals surface area contributed by atoms with Crippen LogP contribution in [0.5, 0.6) is 5.75 Å². The minimum atomic E-state index is -0.501. The van der Waals surface area contributed by atoms with Gasteiger partial charge in [0.15, 0.2) is 12.4 Å². The third-order valence-electron chi connectivity index (χ3n) is 3.87. The molecule has 1 aromatic heterocycles. The van der Waals surface area contributed by atoms with Crippen LogP contribution in [0.2, 0.25) is 0 Å². The van der Waals surface area contributed by atoms with E-state index in [1.165, 1.54) is 0 Å². The Hall–Kier alpha value is -2.93. The summed E-state index contributed by atoms with van der Waals surface area (Å²) < 4.78 is 11.1. The fraction of sp³-hybridized carbons (Fsp3) is 0.200. The maximum Gasteiger partial charge on any atom is 0.305 e. The minimum absolute atomic E-state index is 0.199. The van der Waals surface area contributed by atoms with E-state index in [-0.39, 0.29) is 12.4 Å².